The number of hydrogen-bond acceptors (Lipinski definition) is 1. The zero-order valence-corrected chi connectivity index (χ0v) is 34.9. The molecule has 0 fully saturated rings. The molecule has 5 aliphatic rings. The highest BCUT2D eigenvalue weighted by Gasteiger charge is 2.63. The van der Waals surface area contributed by atoms with E-state index in [1.807, 2.05) is 0 Å². The average Bonchev–Trinajstić information content (AvgIpc) is 3.99. The molecule has 0 amide bonds. The summed E-state index contributed by atoms with van der Waals surface area (Å²) in [4.78, 5) is 13.3. The van der Waals surface area contributed by atoms with Gasteiger partial charge in [0.15, 0.2) is 10.6 Å². The lowest BCUT2D eigenvalue weighted by Crippen LogP contribution is -2.40. The van der Waals surface area contributed by atoms with Crippen LogP contribution in [0.1, 0.15) is 64.6 Å². The maximum absolute atomic E-state index is 13.3. The summed E-state index contributed by atoms with van der Waals surface area (Å²) in [7, 11) is -1.64. The fraction of sp³-hybridized carbons (Fsp3) is 0.121. The second-order valence-electron chi connectivity index (χ2n) is 18.3. The van der Waals surface area contributed by atoms with Crippen LogP contribution in [0.4, 0.5) is 0 Å². The quantitative estimate of drug-likeness (QED) is 0.137. The third kappa shape index (κ3) is 4.02. The van der Waals surface area contributed by atoms with Gasteiger partial charge in [-0.25, -0.2) is 0 Å². The Morgan fingerprint density at radius 1 is 0.525 bits per heavy atom. The van der Waals surface area contributed by atoms with Gasteiger partial charge in [-0.15, -0.1) is 0 Å². The van der Waals surface area contributed by atoms with Gasteiger partial charge in [-0.1, -0.05) is 184 Å². The maximum Gasteiger partial charge on any atom is 0.292 e. The molecule has 2 aliphatic heterocycles. The first-order valence-corrected chi connectivity index (χ1v) is 23.0. The van der Waals surface area contributed by atoms with Crippen molar-refractivity contribution in [2.75, 3.05) is 0 Å². The van der Waals surface area contributed by atoms with Crippen LogP contribution in [0.5, 0.6) is 0 Å². The number of fused-ring (bicyclic) bond motifs is 19. The van der Waals surface area contributed by atoms with Crippen LogP contribution in [0.3, 0.4) is 0 Å². The molecule has 1 aromatic heterocycles. The van der Waals surface area contributed by atoms with E-state index in [0.29, 0.717) is 0 Å². The van der Waals surface area contributed by atoms with Crippen LogP contribution < -0.4 is 5.30 Å². The first-order valence-electron chi connectivity index (χ1n) is 21.7. The lowest BCUT2D eigenvalue weighted by molar-refractivity contribution is 0.459. The Morgan fingerprint density at radius 3 is 2.05 bits per heavy atom. The molecule has 1 spiro atoms. The van der Waals surface area contributed by atoms with Gasteiger partial charge in [0.05, 0.1) is 34.0 Å². The SMILES string of the molecule is CC1(C)c2ccccc2-c2c(-c3cccc4c3C3C5=[P+](O)c6c(-c7ccccc7)cccc6C5C=CC3C43c4ccccc4-n4c5ccccc5c5cccc3c54)cccc21. The standard InChI is InChI=1S/C58H41NOP/c1-57(2)43-25-8-6-19-42(43)51-37(21-13-27-45(51)57)38-22-14-28-46-52(38)53-47(33-32-41-40-24-12-20-35(34-16-4-3-5-17-34)55(40)61(60)56(41)53)58(46)44-26-9-11-31-50(44)59-49-30-10-7-18-36(49)39-23-15-29-48(58)54(39)59/h3-33,41,47,53,60H,1-2H3/q+1. The van der Waals surface area contributed by atoms with Crippen LogP contribution in [0, 0.1) is 5.92 Å². The van der Waals surface area contributed by atoms with Crippen LogP contribution in [0.15, 0.2) is 188 Å². The third-order valence-corrected chi connectivity index (χ3v) is 17.3. The summed E-state index contributed by atoms with van der Waals surface area (Å²) >= 11 is 0. The van der Waals surface area contributed by atoms with E-state index >= 15 is 0 Å². The van der Waals surface area contributed by atoms with Crippen molar-refractivity contribution in [3.8, 4) is 39.1 Å². The molecule has 0 saturated carbocycles. The normalized spacial score (nSPS) is 22.2. The molecule has 8 aromatic carbocycles. The van der Waals surface area contributed by atoms with Crippen molar-refractivity contribution in [1.29, 1.82) is 0 Å². The summed E-state index contributed by atoms with van der Waals surface area (Å²) in [5.41, 5.74) is 20.1. The van der Waals surface area contributed by atoms with Gasteiger partial charge in [-0.05, 0) is 79.4 Å². The van der Waals surface area contributed by atoms with Crippen LogP contribution in [-0.2, 0) is 10.8 Å². The van der Waals surface area contributed by atoms with E-state index in [0.717, 1.165) is 16.4 Å². The highest BCUT2D eigenvalue weighted by Crippen LogP contribution is 2.68. The number of hydrogen-bond donors (Lipinski definition) is 1. The predicted molar refractivity (Wildman–Crippen MR) is 254 cm³/mol. The number of para-hydroxylation sites is 3. The molecule has 5 unspecified atom stereocenters. The van der Waals surface area contributed by atoms with Crippen LogP contribution in [0.2, 0.25) is 0 Å². The fourth-order valence-electron chi connectivity index (χ4n) is 13.1. The van der Waals surface area contributed by atoms with Crippen molar-refractivity contribution in [3.05, 3.63) is 227 Å². The van der Waals surface area contributed by atoms with E-state index in [2.05, 4.69) is 206 Å². The summed E-state index contributed by atoms with van der Waals surface area (Å²) in [5.74, 6) is 0.0166. The van der Waals surface area contributed by atoms with Gasteiger partial charge in [-0.2, -0.15) is 4.89 Å². The Balaban J connectivity index is 1.14. The van der Waals surface area contributed by atoms with Crippen molar-refractivity contribution in [2.24, 2.45) is 5.92 Å². The first-order chi connectivity index (χ1) is 30.0. The van der Waals surface area contributed by atoms with Crippen molar-refractivity contribution in [3.63, 3.8) is 0 Å². The van der Waals surface area contributed by atoms with Crippen molar-refractivity contribution in [1.82, 2.24) is 4.57 Å². The van der Waals surface area contributed by atoms with Crippen LogP contribution in [-0.4, -0.2) is 14.8 Å². The van der Waals surface area contributed by atoms with Gasteiger partial charge in [0.2, 0.25) is 0 Å². The number of aromatic nitrogens is 1. The predicted octanol–water partition coefficient (Wildman–Crippen LogP) is 13.3. The number of benzene rings is 8. The molecule has 9 aromatic rings. The van der Waals surface area contributed by atoms with E-state index < -0.39 is 13.2 Å². The van der Waals surface area contributed by atoms with E-state index in [4.69, 9.17) is 0 Å². The highest BCUT2D eigenvalue weighted by atomic mass is 31.1. The largest absolute Gasteiger partial charge is 0.309 e. The van der Waals surface area contributed by atoms with E-state index in [9.17, 15) is 4.89 Å². The molecule has 14 rings (SSSR count). The van der Waals surface area contributed by atoms with Gasteiger partial charge >= 0.3 is 0 Å². The molecule has 5 atom stereocenters. The summed E-state index contributed by atoms with van der Waals surface area (Å²) in [5, 5.41) is 4.97. The minimum absolute atomic E-state index is 0.0225. The smallest absolute Gasteiger partial charge is 0.292 e. The van der Waals surface area contributed by atoms with Crippen molar-refractivity contribution < 1.29 is 4.89 Å². The summed E-state index contributed by atoms with van der Waals surface area (Å²) in [6.07, 6.45) is 5.06. The number of nitrogens with zero attached hydrogens (tertiary/aromatic N) is 1. The second kappa shape index (κ2) is 11.8. The Morgan fingerprint density at radius 2 is 1.16 bits per heavy atom. The molecule has 3 heteroatoms. The highest BCUT2D eigenvalue weighted by molar-refractivity contribution is 7.62. The monoisotopic (exact) mass is 798 g/mol. The Bertz CT molecular complexity index is 3490. The lowest BCUT2D eigenvalue weighted by Gasteiger charge is -2.43. The molecule has 61 heavy (non-hydrogen) atoms. The minimum Gasteiger partial charge on any atom is -0.309 e. The molecule has 0 radical (unpaired) electrons. The Hall–Kier alpha value is -6.57. The molecule has 288 valence electrons. The maximum atomic E-state index is 13.3. The molecule has 0 bridgehead atoms. The van der Waals surface area contributed by atoms with E-state index in [-0.39, 0.29) is 23.2 Å². The van der Waals surface area contributed by atoms with E-state index in [1.165, 1.54) is 94.0 Å². The molecule has 2 nitrogen and oxygen atoms in total. The third-order valence-electron chi connectivity index (χ3n) is 15.4. The first kappa shape index (κ1) is 34.2. The molecular weight excluding hydrogens is 758 g/mol. The molecule has 1 N–H and O–H groups in total. The van der Waals surface area contributed by atoms with Crippen LogP contribution >= 0.6 is 7.77 Å². The zero-order valence-electron chi connectivity index (χ0n) is 34.0. The van der Waals surface area contributed by atoms with Gasteiger partial charge in [0.1, 0.15) is 0 Å². The summed E-state index contributed by atoms with van der Waals surface area (Å²) < 4.78 is 2.54. The summed E-state index contributed by atoms with van der Waals surface area (Å²) in [6, 6.07) is 65.8. The van der Waals surface area contributed by atoms with E-state index in [1.54, 1.807) is 0 Å². The number of rotatable bonds is 2. The fourth-order valence-corrected chi connectivity index (χ4v) is 15.3. The molecule has 3 aliphatic carbocycles. The Labute approximate surface area is 356 Å². The topological polar surface area (TPSA) is 25.2 Å². The number of allylic oxidation sites excluding steroid dienone is 2. The van der Waals surface area contributed by atoms with Gasteiger partial charge in [-0.3, -0.25) is 0 Å². The molecular formula is C58H41NOP+. The minimum atomic E-state index is -1.64. The lowest BCUT2D eigenvalue weighted by atomic mass is 9.60. The van der Waals surface area contributed by atoms with Gasteiger partial charge < -0.3 is 4.57 Å². The van der Waals surface area contributed by atoms with Crippen molar-refractivity contribution in [2.45, 2.75) is 36.5 Å². The van der Waals surface area contributed by atoms with Gasteiger partial charge in [0, 0.05) is 33.2 Å². The van der Waals surface area contributed by atoms with Crippen LogP contribution in [0.25, 0.3) is 60.9 Å². The zero-order chi connectivity index (χ0) is 40.4. The second-order valence-corrected chi connectivity index (χ2v) is 19.8. The Kier molecular flexibility index (Phi) is 6.63. The summed E-state index contributed by atoms with van der Waals surface area (Å²) in [6.45, 7) is 4.76. The average molecular weight is 799 g/mol. The van der Waals surface area contributed by atoms with Gasteiger partial charge in [0.25, 0.3) is 7.77 Å². The van der Waals surface area contributed by atoms with Crippen molar-refractivity contribution >= 4 is 40.2 Å². The molecule has 3 heterocycles. The molecule has 0 saturated heterocycles.